The molecule has 2 fully saturated rings. The highest BCUT2D eigenvalue weighted by atomic mass is 16.6. The van der Waals surface area contributed by atoms with Gasteiger partial charge in [0.1, 0.15) is 11.6 Å². The summed E-state index contributed by atoms with van der Waals surface area (Å²) in [5, 5.41) is 0. The second-order valence-corrected chi connectivity index (χ2v) is 7.31. The predicted molar refractivity (Wildman–Crippen MR) is 86.8 cm³/mol. The topological polar surface area (TPSA) is 49.9 Å². The molecule has 2 heterocycles. The summed E-state index contributed by atoms with van der Waals surface area (Å²) in [5.74, 6) is 0.0229. The third-order valence-corrected chi connectivity index (χ3v) is 4.56. The zero-order valence-corrected chi connectivity index (χ0v) is 14.2. The Labute approximate surface area is 137 Å². The average Bonchev–Trinajstić information content (AvgIpc) is 2.86. The van der Waals surface area contributed by atoms with Crippen molar-refractivity contribution < 1.29 is 14.3 Å². The van der Waals surface area contributed by atoms with Gasteiger partial charge in [-0.3, -0.25) is 9.69 Å². The van der Waals surface area contributed by atoms with Crippen molar-refractivity contribution in [3.05, 3.63) is 35.9 Å². The van der Waals surface area contributed by atoms with E-state index in [1.165, 1.54) is 0 Å². The van der Waals surface area contributed by atoms with E-state index in [2.05, 4.69) is 0 Å². The summed E-state index contributed by atoms with van der Waals surface area (Å²) < 4.78 is 5.42. The summed E-state index contributed by atoms with van der Waals surface area (Å²) >= 11 is 0. The lowest BCUT2D eigenvalue weighted by Crippen LogP contribution is -2.67. The Hall–Kier alpha value is -2.04. The van der Waals surface area contributed by atoms with Gasteiger partial charge >= 0.3 is 6.09 Å². The van der Waals surface area contributed by atoms with Crippen LogP contribution in [0.15, 0.2) is 30.3 Å². The Bertz CT molecular complexity index is 608. The molecule has 124 valence electrons. The first kappa shape index (κ1) is 15.8. The highest BCUT2D eigenvalue weighted by Crippen LogP contribution is 2.40. The van der Waals surface area contributed by atoms with Gasteiger partial charge in [0.15, 0.2) is 0 Å². The zero-order valence-electron chi connectivity index (χ0n) is 14.2. The average molecular weight is 316 g/mol. The number of carbonyl (C=O) groups is 2. The molecule has 3 atom stereocenters. The molecule has 5 heteroatoms. The summed E-state index contributed by atoms with van der Waals surface area (Å²) in [4.78, 5) is 28.4. The third kappa shape index (κ3) is 2.80. The van der Waals surface area contributed by atoms with Crippen LogP contribution < -0.4 is 0 Å². The Morgan fingerprint density at radius 3 is 2.52 bits per heavy atom. The maximum absolute atomic E-state index is 12.6. The minimum absolute atomic E-state index is 0.0229. The highest BCUT2D eigenvalue weighted by molar-refractivity contribution is 5.93. The van der Waals surface area contributed by atoms with E-state index in [1.807, 2.05) is 62.9 Å². The molecule has 0 radical (unpaired) electrons. The molecule has 2 saturated heterocycles. The standard InChI is InChI=1S/C18H24N2O3/c1-12(13-8-6-5-7-9-13)20-14-10-11-19(15(14)16(20)21)17(22)23-18(2,3)4/h5-9,12,14-15H,10-11H2,1-4H3/t12?,14-,15-/m1/s1. The predicted octanol–water partition coefficient (Wildman–Crippen LogP) is 2.97. The minimum atomic E-state index is -0.543. The van der Waals surface area contributed by atoms with Gasteiger partial charge in [-0.2, -0.15) is 0 Å². The first-order chi connectivity index (χ1) is 10.8. The number of hydrogen-bond acceptors (Lipinski definition) is 3. The highest BCUT2D eigenvalue weighted by Gasteiger charge is 2.57. The van der Waals surface area contributed by atoms with Gasteiger partial charge in [-0.15, -0.1) is 0 Å². The van der Waals surface area contributed by atoms with Crippen LogP contribution in [0.2, 0.25) is 0 Å². The van der Waals surface area contributed by atoms with Gasteiger partial charge in [0, 0.05) is 6.54 Å². The van der Waals surface area contributed by atoms with Crippen molar-refractivity contribution in [3.63, 3.8) is 0 Å². The van der Waals surface area contributed by atoms with E-state index in [1.54, 1.807) is 4.90 Å². The molecule has 0 aliphatic carbocycles. The van der Waals surface area contributed by atoms with E-state index in [0.717, 1.165) is 12.0 Å². The van der Waals surface area contributed by atoms with Crippen molar-refractivity contribution in [1.29, 1.82) is 0 Å². The summed E-state index contributed by atoms with van der Waals surface area (Å²) in [5.41, 5.74) is 0.578. The van der Waals surface area contributed by atoms with Crippen molar-refractivity contribution in [2.45, 2.75) is 57.8 Å². The van der Waals surface area contributed by atoms with Gasteiger partial charge in [-0.25, -0.2) is 4.79 Å². The number of rotatable bonds is 2. The Morgan fingerprint density at radius 2 is 1.91 bits per heavy atom. The third-order valence-electron chi connectivity index (χ3n) is 4.56. The van der Waals surface area contributed by atoms with Crippen LogP contribution in [0.25, 0.3) is 0 Å². The zero-order chi connectivity index (χ0) is 16.8. The molecule has 2 amide bonds. The maximum atomic E-state index is 12.6. The molecule has 0 bridgehead atoms. The van der Waals surface area contributed by atoms with E-state index >= 15 is 0 Å². The fraction of sp³-hybridized carbons (Fsp3) is 0.556. The second kappa shape index (κ2) is 5.55. The minimum Gasteiger partial charge on any atom is -0.444 e. The molecule has 1 unspecified atom stereocenters. The number of fused-ring (bicyclic) bond motifs is 1. The van der Waals surface area contributed by atoms with Gasteiger partial charge in [0.2, 0.25) is 5.91 Å². The molecule has 0 spiro atoms. The van der Waals surface area contributed by atoms with E-state index in [9.17, 15) is 9.59 Å². The largest absolute Gasteiger partial charge is 0.444 e. The summed E-state index contributed by atoms with van der Waals surface area (Å²) in [6.07, 6.45) is 0.428. The lowest BCUT2D eigenvalue weighted by molar-refractivity contribution is -0.157. The molecule has 1 aromatic carbocycles. The van der Waals surface area contributed by atoms with Crippen LogP contribution >= 0.6 is 0 Å². The molecule has 0 N–H and O–H groups in total. The number of nitrogens with zero attached hydrogens (tertiary/aromatic N) is 2. The van der Waals surface area contributed by atoms with Crippen LogP contribution in [0, 0.1) is 0 Å². The van der Waals surface area contributed by atoms with Gasteiger partial charge in [0.05, 0.1) is 12.1 Å². The molecule has 2 aliphatic rings. The first-order valence-electron chi connectivity index (χ1n) is 8.16. The van der Waals surface area contributed by atoms with E-state index in [4.69, 9.17) is 4.74 Å². The summed E-state index contributed by atoms with van der Waals surface area (Å²) in [6, 6.07) is 9.78. The van der Waals surface area contributed by atoms with Gasteiger partial charge in [-0.05, 0) is 39.7 Å². The van der Waals surface area contributed by atoms with Crippen molar-refractivity contribution in [3.8, 4) is 0 Å². The molecule has 1 aromatic rings. The van der Waals surface area contributed by atoms with E-state index in [-0.39, 0.29) is 30.1 Å². The van der Waals surface area contributed by atoms with Gasteiger partial charge < -0.3 is 9.64 Å². The van der Waals surface area contributed by atoms with Gasteiger partial charge in [-0.1, -0.05) is 30.3 Å². The summed E-state index contributed by atoms with van der Waals surface area (Å²) in [7, 11) is 0. The molecule has 0 aromatic heterocycles. The number of hydrogen-bond donors (Lipinski definition) is 0. The molecule has 5 nitrogen and oxygen atoms in total. The Kier molecular flexibility index (Phi) is 3.82. The lowest BCUT2D eigenvalue weighted by atomic mass is 9.91. The molecular formula is C18H24N2O3. The quantitative estimate of drug-likeness (QED) is 0.788. The number of likely N-dealkylation sites (tertiary alicyclic amines) is 2. The van der Waals surface area contributed by atoms with Crippen molar-refractivity contribution >= 4 is 12.0 Å². The maximum Gasteiger partial charge on any atom is 0.411 e. The van der Waals surface area contributed by atoms with E-state index < -0.39 is 5.60 Å². The number of β-lactam (4-membered cyclic amide) rings is 1. The SMILES string of the molecule is CC(c1ccccc1)N1C(=O)[C@H]2[C@H]1CCN2C(=O)OC(C)(C)C. The molecule has 3 rings (SSSR count). The van der Waals surface area contributed by atoms with E-state index in [0.29, 0.717) is 6.54 Å². The monoisotopic (exact) mass is 316 g/mol. The number of ether oxygens (including phenoxy) is 1. The lowest BCUT2D eigenvalue weighted by Gasteiger charge is -2.48. The van der Waals surface area contributed by atoms with Gasteiger partial charge in [0.25, 0.3) is 0 Å². The molecule has 23 heavy (non-hydrogen) atoms. The normalized spacial score (nSPS) is 25.0. The van der Waals surface area contributed by atoms with Crippen molar-refractivity contribution in [1.82, 2.24) is 9.80 Å². The van der Waals surface area contributed by atoms with Crippen molar-refractivity contribution in [2.75, 3.05) is 6.54 Å². The van der Waals surface area contributed by atoms with Crippen LogP contribution in [0.3, 0.4) is 0 Å². The first-order valence-corrected chi connectivity index (χ1v) is 8.16. The Balaban J connectivity index is 1.71. The van der Waals surface area contributed by atoms with Crippen LogP contribution in [-0.2, 0) is 9.53 Å². The number of carbonyl (C=O) groups excluding carboxylic acids is 2. The van der Waals surface area contributed by atoms with Crippen LogP contribution in [0.4, 0.5) is 4.79 Å². The van der Waals surface area contributed by atoms with Crippen molar-refractivity contribution in [2.24, 2.45) is 0 Å². The number of benzene rings is 1. The second-order valence-electron chi connectivity index (χ2n) is 7.31. The van der Waals surface area contributed by atoms with Crippen LogP contribution in [0.5, 0.6) is 0 Å². The Morgan fingerprint density at radius 1 is 1.26 bits per heavy atom. The van der Waals surface area contributed by atoms with Crippen LogP contribution in [0.1, 0.15) is 45.7 Å². The summed E-state index contributed by atoms with van der Waals surface area (Å²) in [6.45, 7) is 8.13. The van der Waals surface area contributed by atoms with Crippen LogP contribution in [-0.4, -0.2) is 46.0 Å². The fourth-order valence-electron chi connectivity index (χ4n) is 3.49. The fourth-order valence-corrected chi connectivity index (χ4v) is 3.49. The molecule has 0 saturated carbocycles. The number of amides is 2. The molecule has 2 aliphatic heterocycles. The molecular weight excluding hydrogens is 292 g/mol. The smallest absolute Gasteiger partial charge is 0.411 e.